The van der Waals surface area contributed by atoms with Gasteiger partial charge in [0.2, 0.25) is 5.91 Å². The summed E-state index contributed by atoms with van der Waals surface area (Å²) >= 11 is 0. The third-order valence-electron chi connectivity index (χ3n) is 3.84. The third-order valence-corrected chi connectivity index (χ3v) is 5.66. The molecular weight excluding hydrogens is 224 g/mol. The molecule has 2 unspecified atom stereocenters. The van der Waals surface area contributed by atoms with Gasteiger partial charge >= 0.3 is 0 Å². The summed E-state index contributed by atoms with van der Waals surface area (Å²) in [4.78, 5) is 13.9. The Morgan fingerprint density at radius 3 is 2.44 bits per heavy atom. The number of hydrogen-bond donors (Lipinski definition) is 1. The second-order valence-electron chi connectivity index (χ2n) is 5.06. The molecule has 0 spiro atoms. The first-order valence-corrected chi connectivity index (χ1v) is 7.90. The summed E-state index contributed by atoms with van der Waals surface area (Å²) in [6.45, 7) is 0. The quantitative estimate of drug-likeness (QED) is 0.799. The molecular formula is C11H20N2O2S. The van der Waals surface area contributed by atoms with Crippen molar-refractivity contribution in [1.82, 2.24) is 4.90 Å². The Bertz CT molecular complexity index is 371. The number of nitrogens with zero attached hydrogens (tertiary/aromatic N) is 1. The fourth-order valence-corrected chi connectivity index (χ4v) is 4.58. The molecule has 2 atom stereocenters. The lowest BCUT2D eigenvalue weighted by molar-refractivity contribution is -0.135. The highest BCUT2D eigenvalue weighted by atomic mass is 32.2. The second kappa shape index (κ2) is 4.35. The molecule has 1 aliphatic heterocycles. The van der Waals surface area contributed by atoms with Gasteiger partial charge in [-0.3, -0.25) is 9.57 Å². The standard InChI is InChI=1S/C11H20N2O2S/c1-13(10-6-7-16(12,15)8-10)11(14)9-4-2-3-5-9/h9-10,12H,2-8H2,1H3. The predicted octanol–water partition coefficient (Wildman–Crippen LogP) is 1.45. The zero-order valence-corrected chi connectivity index (χ0v) is 10.6. The fraction of sp³-hybridized carbons (Fsp3) is 0.909. The summed E-state index contributed by atoms with van der Waals surface area (Å²) in [5.41, 5.74) is 0. The van der Waals surface area contributed by atoms with E-state index in [9.17, 15) is 9.00 Å². The molecule has 4 nitrogen and oxygen atoms in total. The summed E-state index contributed by atoms with van der Waals surface area (Å²) in [7, 11) is -0.580. The van der Waals surface area contributed by atoms with Gasteiger partial charge in [0.05, 0.1) is 5.75 Å². The first-order chi connectivity index (χ1) is 7.49. The van der Waals surface area contributed by atoms with Crippen LogP contribution in [0.3, 0.4) is 0 Å². The minimum absolute atomic E-state index is 0.0399. The SMILES string of the molecule is CN(C(=O)C1CCCC1)C1CCS(=N)(=O)C1. The average molecular weight is 244 g/mol. The summed E-state index contributed by atoms with van der Waals surface area (Å²) in [5, 5.41) is 0. The molecule has 5 heteroatoms. The van der Waals surface area contributed by atoms with Gasteiger partial charge in [0.1, 0.15) is 0 Å². The van der Waals surface area contributed by atoms with Crippen LogP contribution in [0.5, 0.6) is 0 Å². The molecule has 0 aromatic heterocycles. The largest absolute Gasteiger partial charge is 0.342 e. The van der Waals surface area contributed by atoms with Crippen LogP contribution in [0.25, 0.3) is 0 Å². The molecule has 2 aliphatic rings. The zero-order valence-electron chi connectivity index (χ0n) is 9.78. The Kier molecular flexibility index (Phi) is 3.24. The molecule has 0 radical (unpaired) electrons. The third kappa shape index (κ3) is 2.39. The van der Waals surface area contributed by atoms with E-state index in [4.69, 9.17) is 4.78 Å². The smallest absolute Gasteiger partial charge is 0.225 e. The van der Waals surface area contributed by atoms with Crippen LogP contribution in [0.1, 0.15) is 32.1 Å². The average Bonchev–Trinajstić information content (AvgIpc) is 2.84. The Morgan fingerprint density at radius 1 is 1.31 bits per heavy atom. The molecule has 0 bridgehead atoms. The topological polar surface area (TPSA) is 61.2 Å². The maximum absolute atomic E-state index is 12.1. The number of amides is 1. The van der Waals surface area contributed by atoms with Crippen molar-refractivity contribution in [3.63, 3.8) is 0 Å². The molecule has 0 aromatic carbocycles. The summed E-state index contributed by atoms with van der Waals surface area (Å²) < 4.78 is 19.1. The summed E-state index contributed by atoms with van der Waals surface area (Å²) in [6.07, 6.45) is 5.06. The van der Waals surface area contributed by atoms with Crippen LogP contribution in [0.15, 0.2) is 0 Å². The predicted molar refractivity (Wildman–Crippen MR) is 63.7 cm³/mol. The highest BCUT2D eigenvalue weighted by Crippen LogP contribution is 2.28. The van der Waals surface area contributed by atoms with Crippen LogP contribution in [0.2, 0.25) is 0 Å². The van der Waals surface area contributed by atoms with Gasteiger partial charge in [0.15, 0.2) is 0 Å². The number of carbonyl (C=O) groups is 1. The molecule has 1 aliphatic carbocycles. The minimum Gasteiger partial charge on any atom is -0.342 e. The van der Waals surface area contributed by atoms with Gasteiger partial charge in [-0.2, -0.15) is 0 Å². The van der Waals surface area contributed by atoms with Gasteiger partial charge in [-0.25, -0.2) is 4.21 Å². The number of hydrogen-bond acceptors (Lipinski definition) is 3. The number of rotatable bonds is 2. The molecule has 1 saturated carbocycles. The van der Waals surface area contributed by atoms with Crippen LogP contribution in [0, 0.1) is 10.7 Å². The van der Waals surface area contributed by atoms with E-state index >= 15 is 0 Å². The molecule has 1 amide bonds. The van der Waals surface area contributed by atoms with Crippen LogP contribution < -0.4 is 0 Å². The molecule has 16 heavy (non-hydrogen) atoms. The monoisotopic (exact) mass is 244 g/mol. The van der Waals surface area contributed by atoms with Crippen molar-refractivity contribution >= 4 is 15.6 Å². The van der Waals surface area contributed by atoms with E-state index in [0.29, 0.717) is 11.5 Å². The van der Waals surface area contributed by atoms with E-state index in [-0.39, 0.29) is 17.9 Å². The van der Waals surface area contributed by atoms with E-state index < -0.39 is 9.73 Å². The Labute approximate surface area is 97.4 Å². The first kappa shape index (κ1) is 11.9. The normalized spacial score (nSPS) is 35.4. The molecule has 1 N–H and O–H groups in total. The minimum atomic E-state index is -2.39. The van der Waals surface area contributed by atoms with Crippen molar-refractivity contribution in [2.45, 2.75) is 38.1 Å². The summed E-state index contributed by atoms with van der Waals surface area (Å²) in [6, 6.07) is 0.0399. The highest BCUT2D eigenvalue weighted by molar-refractivity contribution is 7.92. The molecule has 1 heterocycles. The maximum Gasteiger partial charge on any atom is 0.225 e. The van der Waals surface area contributed by atoms with Crippen molar-refractivity contribution in [1.29, 1.82) is 4.78 Å². The van der Waals surface area contributed by atoms with Crippen molar-refractivity contribution in [3.8, 4) is 0 Å². The Hall–Kier alpha value is -0.580. The van der Waals surface area contributed by atoms with E-state index in [1.54, 1.807) is 4.90 Å². The molecule has 92 valence electrons. The molecule has 0 aromatic rings. The summed E-state index contributed by atoms with van der Waals surface area (Å²) in [5.74, 6) is 1.23. The molecule has 2 fully saturated rings. The van der Waals surface area contributed by atoms with Gasteiger partial charge in [0.25, 0.3) is 0 Å². The van der Waals surface area contributed by atoms with Gasteiger partial charge < -0.3 is 4.90 Å². The van der Waals surface area contributed by atoms with Crippen molar-refractivity contribution < 1.29 is 9.00 Å². The zero-order chi connectivity index (χ0) is 11.8. The van der Waals surface area contributed by atoms with E-state index in [1.165, 1.54) is 0 Å². The van der Waals surface area contributed by atoms with Crippen LogP contribution >= 0.6 is 0 Å². The lowest BCUT2D eigenvalue weighted by Crippen LogP contribution is -2.40. The van der Waals surface area contributed by atoms with Crippen LogP contribution in [-0.2, 0) is 14.5 Å². The lowest BCUT2D eigenvalue weighted by Gasteiger charge is -2.26. The van der Waals surface area contributed by atoms with Crippen molar-refractivity contribution in [3.05, 3.63) is 0 Å². The van der Waals surface area contributed by atoms with E-state index in [2.05, 4.69) is 0 Å². The Balaban J connectivity index is 1.97. The molecule has 1 saturated heterocycles. The van der Waals surface area contributed by atoms with Gasteiger partial charge in [-0.15, -0.1) is 0 Å². The van der Waals surface area contributed by atoms with E-state index in [1.807, 2.05) is 7.05 Å². The maximum atomic E-state index is 12.1. The van der Waals surface area contributed by atoms with Crippen molar-refractivity contribution in [2.24, 2.45) is 5.92 Å². The van der Waals surface area contributed by atoms with Gasteiger partial charge in [0, 0.05) is 34.5 Å². The lowest BCUT2D eigenvalue weighted by atomic mass is 10.1. The highest BCUT2D eigenvalue weighted by Gasteiger charge is 2.34. The van der Waals surface area contributed by atoms with E-state index in [0.717, 1.165) is 32.1 Å². The van der Waals surface area contributed by atoms with Crippen molar-refractivity contribution in [2.75, 3.05) is 18.6 Å². The van der Waals surface area contributed by atoms with Gasteiger partial charge in [-0.1, -0.05) is 12.8 Å². The fourth-order valence-electron chi connectivity index (χ4n) is 2.75. The van der Waals surface area contributed by atoms with Gasteiger partial charge in [-0.05, 0) is 19.3 Å². The van der Waals surface area contributed by atoms with Crippen LogP contribution in [-0.4, -0.2) is 39.6 Å². The second-order valence-corrected chi connectivity index (χ2v) is 7.42. The number of carbonyl (C=O) groups excluding carboxylic acids is 1. The first-order valence-electron chi connectivity index (χ1n) is 6.00. The number of nitrogens with one attached hydrogen (secondary N) is 1. The molecule has 2 rings (SSSR count). The Morgan fingerprint density at radius 2 is 1.94 bits per heavy atom. The van der Waals surface area contributed by atoms with Crippen LogP contribution in [0.4, 0.5) is 0 Å².